The first kappa shape index (κ1) is 8.46. The minimum atomic E-state index is 0.705. The van der Waals surface area contributed by atoms with Crippen LogP contribution in [0.15, 0.2) is 17.1 Å². The first-order valence-electron chi connectivity index (χ1n) is 3.67. The minimum absolute atomic E-state index is 0.705. The molecule has 0 amide bonds. The van der Waals surface area contributed by atoms with E-state index in [2.05, 4.69) is 15.3 Å². The summed E-state index contributed by atoms with van der Waals surface area (Å²) in [5, 5.41) is 6.70. The molecule has 2 rings (SSSR count). The van der Waals surface area contributed by atoms with Crippen LogP contribution in [0.2, 0.25) is 0 Å². The molecular formula is C7H8N4S2. The van der Waals surface area contributed by atoms with Crippen LogP contribution in [0.4, 0.5) is 10.1 Å². The maximum atomic E-state index is 5.53. The van der Waals surface area contributed by atoms with E-state index in [0.29, 0.717) is 6.54 Å². The summed E-state index contributed by atoms with van der Waals surface area (Å²) in [6.07, 6.45) is 1.65. The average Bonchev–Trinajstić information content (AvgIpc) is 2.71. The van der Waals surface area contributed by atoms with Gasteiger partial charge in [-0.1, -0.05) is 11.3 Å². The molecule has 0 bridgehead atoms. The van der Waals surface area contributed by atoms with E-state index < -0.39 is 0 Å². The topological polar surface area (TPSA) is 63.8 Å². The maximum absolute atomic E-state index is 5.53. The van der Waals surface area contributed by atoms with Gasteiger partial charge in [0.15, 0.2) is 5.13 Å². The number of nitrogens with zero attached hydrogens (tertiary/aromatic N) is 2. The number of nitrogens with two attached hydrogens (primary N) is 1. The highest BCUT2D eigenvalue weighted by molar-refractivity contribution is 7.19. The van der Waals surface area contributed by atoms with E-state index in [9.17, 15) is 0 Å². The van der Waals surface area contributed by atoms with Gasteiger partial charge in [0.1, 0.15) is 5.00 Å². The second kappa shape index (κ2) is 3.71. The lowest BCUT2D eigenvalue weighted by Crippen LogP contribution is -1.98. The minimum Gasteiger partial charge on any atom is -0.389 e. The largest absolute Gasteiger partial charge is 0.389 e. The highest BCUT2D eigenvalue weighted by Crippen LogP contribution is 2.19. The number of rotatable bonds is 3. The maximum Gasteiger partial charge on any atom is 0.184 e. The number of anilines is 2. The molecule has 0 aliphatic rings. The smallest absolute Gasteiger partial charge is 0.184 e. The van der Waals surface area contributed by atoms with Crippen LogP contribution in [0, 0.1) is 0 Å². The third-order valence-electron chi connectivity index (χ3n) is 1.43. The molecule has 0 aliphatic heterocycles. The van der Waals surface area contributed by atoms with Gasteiger partial charge >= 0.3 is 0 Å². The Hall–Kier alpha value is -1.14. The molecule has 6 heteroatoms. The summed E-state index contributed by atoms with van der Waals surface area (Å²) in [7, 11) is 0. The summed E-state index contributed by atoms with van der Waals surface area (Å²) in [6.45, 7) is 0.705. The van der Waals surface area contributed by atoms with Gasteiger partial charge in [0.2, 0.25) is 0 Å². The third kappa shape index (κ3) is 2.16. The predicted octanol–water partition coefficient (Wildman–Crippen LogP) is 1.79. The van der Waals surface area contributed by atoms with Crippen LogP contribution in [0.5, 0.6) is 0 Å². The molecule has 68 valence electrons. The Kier molecular flexibility index (Phi) is 2.42. The molecular weight excluding hydrogens is 204 g/mol. The van der Waals surface area contributed by atoms with Crippen LogP contribution in [-0.4, -0.2) is 9.97 Å². The van der Waals surface area contributed by atoms with Gasteiger partial charge in [-0.05, 0) is 0 Å². The lowest BCUT2D eigenvalue weighted by Gasteiger charge is -1.97. The Bertz CT molecular complexity index is 368. The summed E-state index contributed by atoms with van der Waals surface area (Å²) in [6, 6.07) is 0. The van der Waals surface area contributed by atoms with Crippen LogP contribution in [0.3, 0.4) is 0 Å². The van der Waals surface area contributed by atoms with E-state index in [1.165, 1.54) is 11.3 Å². The van der Waals surface area contributed by atoms with Crippen LogP contribution in [-0.2, 0) is 6.54 Å². The molecule has 0 saturated heterocycles. The Morgan fingerprint density at radius 3 is 3.00 bits per heavy atom. The van der Waals surface area contributed by atoms with E-state index in [1.807, 2.05) is 10.9 Å². The first-order chi connectivity index (χ1) is 6.34. The second-order valence-electron chi connectivity index (χ2n) is 2.40. The van der Waals surface area contributed by atoms with Gasteiger partial charge in [0, 0.05) is 5.38 Å². The normalized spacial score (nSPS) is 10.2. The number of thiazole rings is 2. The molecule has 0 spiro atoms. The van der Waals surface area contributed by atoms with Crippen LogP contribution in [0.25, 0.3) is 0 Å². The predicted molar refractivity (Wildman–Crippen MR) is 56.0 cm³/mol. The van der Waals surface area contributed by atoms with Gasteiger partial charge in [0.25, 0.3) is 0 Å². The quantitative estimate of drug-likeness (QED) is 0.814. The fraction of sp³-hybridized carbons (Fsp3) is 0.143. The molecule has 0 unspecified atom stereocenters. The molecule has 4 nitrogen and oxygen atoms in total. The zero-order chi connectivity index (χ0) is 9.10. The van der Waals surface area contributed by atoms with Gasteiger partial charge in [-0.25, -0.2) is 9.97 Å². The van der Waals surface area contributed by atoms with Crippen molar-refractivity contribution in [2.45, 2.75) is 6.54 Å². The zero-order valence-corrected chi connectivity index (χ0v) is 8.36. The Balaban J connectivity index is 1.93. The number of hydrogen-bond donors (Lipinski definition) is 2. The molecule has 0 aromatic carbocycles. The molecule has 0 fully saturated rings. The molecule has 2 aromatic rings. The Morgan fingerprint density at radius 1 is 1.46 bits per heavy atom. The SMILES string of the molecule is Nc1cnc(NCc2cscn2)s1. The molecule has 3 N–H and O–H groups in total. The van der Waals surface area contributed by atoms with Crippen LogP contribution < -0.4 is 11.1 Å². The Labute approximate surface area is 83.5 Å². The van der Waals surface area contributed by atoms with Crippen molar-refractivity contribution in [3.05, 3.63) is 22.8 Å². The van der Waals surface area contributed by atoms with Gasteiger partial charge in [-0.3, -0.25) is 0 Å². The molecule has 13 heavy (non-hydrogen) atoms. The molecule has 0 atom stereocenters. The van der Waals surface area contributed by atoms with Crippen LogP contribution >= 0.6 is 22.7 Å². The zero-order valence-electron chi connectivity index (χ0n) is 6.73. The van der Waals surface area contributed by atoms with Gasteiger partial charge in [-0.15, -0.1) is 11.3 Å². The monoisotopic (exact) mass is 212 g/mol. The van der Waals surface area contributed by atoms with E-state index in [-0.39, 0.29) is 0 Å². The summed E-state index contributed by atoms with van der Waals surface area (Å²) in [5.41, 5.74) is 8.37. The van der Waals surface area contributed by atoms with Gasteiger partial charge in [0.05, 0.1) is 23.9 Å². The van der Waals surface area contributed by atoms with E-state index in [4.69, 9.17) is 5.73 Å². The number of aromatic nitrogens is 2. The Morgan fingerprint density at radius 2 is 2.38 bits per heavy atom. The average molecular weight is 212 g/mol. The van der Waals surface area contributed by atoms with E-state index in [0.717, 1.165) is 15.8 Å². The molecule has 0 radical (unpaired) electrons. The number of nitrogen functional groups attached to an aromatic ring is 1. The van der Waals surface area contributed by atoms with Crippen molar-refractivity contribution in [3.8, 4) is 0 Å². The van der Waals surface area contributed by atoms with Crippen molar-refractivity contribution in [2.75, 3.05) is 11.1 Å². The molecule has 0 saturated carbocycles. The van der Waals surface area contributed by atoms with Crippen LogP contribution in [0.1, 0.15) is 5.69 Å². The summed E-state index contributed by atoms with van der Waals surface area (Å²) >= 11 is 3.03. The first-order valence-corrected chi connectivity index (χ1v) is 5.43. The second-order valence-corrected chi connectivity index (χ2v) is 4.18. The van der Waals surface area contributed by atoms with E-state index >= 15 is 0 Å². The molecule has 0 aliphatic carbocycles. The summed E-state index contributed by atoms with van der Waals surface area (Å²) in [5.74, 6) is 0. The lowest BCUT2D eigenvalue weighted by molar-refractivity contribution is 1.07. The van der Waals surface area contributed by atoms with Crippen molar-refractivity contribution < 1.29 is 0 Å². The molecule has 2 heterocycles. The number of hydrogen-bond acceptors (Lipinski definition) is 6. The van der Waals surface area contributed by atoms with Crippen molar-refractivity contribution in [1.82, 2.24) is 9.97 Å². The molecule has 2 aromatic heterocycles. The fourth-order valence-electron chi connectivity index (χ4n) is 0.859. The number of nitrogens with one attached hydrogen (secondary N) is 1. The highest BCUT2D eigenvalue weighted by Gasteiger charge is 1.98. The van der Waals surface area contributed by atoms with Crippen molar-refractivity contribution in [2.24, 2.45) is 0 Å². The van der Waals surface area contributed by atoms with Crippen molar-refractivity contribution in [1.29, 1.82) is 0 Å². The van der Waals surface area contributed by atoms with Crippen molar-refractivity contribution in [3.63, 3.8) is 0 Å². The standard InChI is InChI=1S/C7H8N4S2/c8-6-2-10-7(13-6)9-1-5-3-12-4-11-5/h2-4H,1,8H2,(H,9,10). The summed E-state index contributed by atoms with van der Waals surface area (Å²) in [4.78, 5) is 8.21. The van der Waals surface area contributed by atoms with Gasteiger partial charge < -0.3 is 11.1 Å². The lowest BCUT2D eigenvalue weighted by atomic mass is 10.5. The fourth-order valence-corrected chi connectivity index (χ4v) is 2.00. The van der Waals surface area contributed by atoms with Gasteiger partial charge in [-0.2, -0.15) is 0 Å². The highest BCUT2D eigenvalue weighted by atomic mass is 32.1. The summed E-state index contributed by atoms with van der Waals surface area (Å²) < 4.78 is 0. The van der Waals surface area contributed by atoms with E-state index in [1.54, 1.807) is 17.5 Å². The third-order valence-corrected chi connectivity index (χ3v) is 2.85. The van der Waals surface area contributed by atoms with Crippen molar-refractivity contribution >= 4 is 32.8 Å².